The predicted octanol–water partition coefficient (Wildman–Crippen LogP) is 2.84. The monoisotopic (exact) mass is 263 g/mol. The minimum atomic E-state index is -0.786. The first-order valence-electron chi connectivity index (χ1n) is 6.84. The molecule has 1 aromatic carbocycles. The van der Waals surface area contributed by atoms with Gasteiger partial charge in [-0.25, -0.2) is 0 Å². The van der Waals surface area contributed by atoms with Crippen molar-refractivity contribution in [3.8, 4) is 0 Å². The first-order chi connectivity index (χ1) is 8.85. The molecule has 0 heterocycles. The van der Waals surface area contributed by atoms with Gasteiger partial charge in [0.15, 0.2) is 0 Å². The molecule has 0 aliphatic heterocycles. The van der Waals surface area contributed by atoms with Crippen LogP contribution >= 0.6 is 0 Å². The summed E-state index contributed by atoms with van der Waals surface area (Å²) in [5.74, 6) is -0.891. The zero-order chi connectivity index (χ0) is 14.6. The molecule has 3 N–H and O–H groups in total. The largest absolute Gasteiger partial charge is 0.481 e. The molecular weight excluding hydrogens is 238 g/mol. The van der Waals surface area contributed by atoms with E-state index >= 15 is 0 Å². The van der Waals surface area contributed by atoms with Crippen molar-refractivity contribution >= 4 is 5.97 Å². The van der Waals surface area contributed by atoms with Gasteiger partial charge in [-0.2, -0.15) is 0 Å². The Hall–Kier alpha value is -1.35. The Labute approximate surface area is 115 Å². The van der Waals surface area contributed by atoms with Crippen LogP contribution in [0.15, 0.2) is 12.1 Å². The average molecular weight is 263 g/mol. The first-order valence-corrected chi connectivity index (χ1v) is 6.84. The Bertz CT molecular complexity index is 454. The molecule has 0 spiro atoms. The minimum Gasteiger partial charge on any atom is -0.481 e. The molecule has 3 heteroatoms. The van der Waals surface area contributed by atoms with E-state index in [4.69, 9.17) is 10.8 Å². The van der Waals surface area contributed by atoms with Gasteiger partial charge in [0.2, 0.25) is 0 Å². The summed E-state index contributed by atoms with van der Waals surface area (Å²) in [6.07, 6.45) is 1.55. The number of nitrogens with two attached hydrogens (primary N) is 1. The Morgan fingerprint density at radius 1 is 1.32 bits per heavy atom. The summed E-state index contributed by atoms with van der Waals surface area (Å²) in [6.45, 7) is 8.67. The molecule has 0 radical (unpaired) electrons. The van der Waals surface area contributed by atoms with Crippen molar-refractivity contribution in [1.29, 1.82) is 0 Å². The van der Waals surface area contributed by atoms with Crippen LogP contribution in [0.25, 0.3) is 0 Å². The lowest BCUT2D eigenvalue weighted by molar-refractivity contribution is -0.141. The summed E-state index contributed by atoms with van der Waals surface area (Å²) in [5, 5.41) is 9.05. The van der Waals surface area contributed by atoms with Crippen molar-refractivity contribution in [3.05, 3.63) is 34.4 Å². The van der Waals surface area contributed by atoms with Crippen molar-refractivity contribution in [2.45, 2.75) is 40.5 Å². The van der Waals surface area contributed by atoms with E-state index in [2.05, 4.69) is 39.8 Å². The van der Waals surface area contributed by atoms with Crippen molar-refractivity contribution in [2.75, 3.05) is 6.54 Å². The van der Waals surface area contributed by atoms with Crippen LogP contribution in [0.1, 0.15) is 35.6 Å². The van der Waals surface area contributed by atoms with E-state index in [9.17, 15) is 4.79 Å². The van der Waals surface area contributed by atoms with Gasteiger partial charge in [-0.05, 0) is 56.2 Å². The number of carboxylic acid groups (broad SMARTS) is 1. The molecule has 0 saturated carbocycles. The quantitative estimate of drug-likeness (QED) is 0.829. The number of aliphatic carboxylic acids is 1. The third kappa shape index (κ3) is 4.35. The van der Waals surface area contributed by atoms with Gasteiger partial charge in [-0.15, -0.1) is 0 Å². The molecular formula is C16H25NO2. The Morgan fingerprint density at radius 2 is 1.95 bits per heavy atom. The lowest BCUT2D eigenvalue weighted by Crippen LogP contribution is -2.25. The molecule has 3 nitrogen and oxygen atoms in total. The van der Waals surface area contributed by atoms with Gasteiger partial charge >= 0.3 is 5.97 Å². The molecule has 2 atom stereocenters. The van der Waals surface area contributed by atoms with Crippen LogP contribution in [-0.4, -0.2) is 17.6 Å². The summed E-state index contributed by atoms with van der Waals surface area (Å²) in [4.78, 5) is 11.0. The third-order valence-corrected chi connectivity index (χ3v) is 3.81. The van der Waals surface area contributed by atoms with Gasteiger partial charge in [-0.3, -0.25) is 4.79 Å². The number of hydrogen-bond acceptors (Lipinski definition) is 2. The molecule has 0 amide bonds. The highest BCUT2D eigenvalue weighted by molar-refractivity contribution is 5.70. The summed E-state index contributed by atoms with van der Waals surface area (Å²) >= 11 is 0. The summed E-state index contributed by atoms with van der Waals surface area (Å²) in [5.41, 5.74) is 10.7. The van der Waals surface area contributed by atoms with E-state index in [-0.39, 0.29) is 6.54 Å². The first kappa shape index (κ1) is 15.7. The Balaban J connectivity index is 2.77. The normalized spacial score (nSPS) is 14.2. The molecule has 0 aliphatic carbocycles. The fourth-order valence-electron chi connectivity index (χ4n) is 2.58. The smallest absolute Gasteiger partial charge is 0.307 e. The van der Waals surface area contributed by atoms with Crippen molar-refractivity contribution in [3.63, 3.8) is 0 Å². The lowest BCUT2D eigenvalue weighted by Gasteiger charge is -2.18. The summed E-state index contributed by atoms with van der Waals surface area (Å²) in [7, 11) is 0. The summed E-state index contributed by atoms with van der Waals surface area (Å²) < 4.78 is 0. The highest BCUT2D eigenvalue weighted by Crippen LogP contribution is 2.22. The molecule has 0 aromatic heterocycles. The zero-order valence-corrected chi connectivity index (χ0v) is 12.4. The highest BCUT2D eigenvalue weighted by Gasteiger charge is 2.19. The molecule has 0 fully saturated rings. The highest BCUT2D eigenvalue weighted by atomic mass is 16.4. The van der Waals surface area contributed by atoms with Gasteiger partial charge < -0.3 is 10.8 Å². The predicted molar refractivity (Wildman–Crippen MR) is 78.3 cm³/mol. The van der Waals surface area contributed by atoms with E-state index in [0.29, 0.717) is 12.3 Å². The molecule has 1 rings (SSSR count). The summed E-state index contributed by atoms with van der Waals surface area (Å²) in [6, 6.07) is 4.39. The number of aryl methyl sites for hydroxylation is 2. The molecule has 106 valence electrons. The molecule has 1 aromatic rings. The fourth-order valence-corrected chi connectivity index (χ4v) is 2.58. The van der Waals surface area contributed by atoms with Gasteiger partial charge in [0.05, 0.1) is 5.92 Å². The second kappa shape index (κ2) is 6.71. The maximum absolute atomic E-state index is 11.0. The van der Waals surface area contributed by atoms with Crippen LogP contribution < -0.4 is 5.73 Å². The fraction of sp³-hybridized carbons (Fsp3) is 0.562. The van der Waals surface area contributed by atoms with Crippen LogP contribution in [0, 0.1) is 32.6 Å². The van der Waals surface area contributed by atoms with Gasteiger partial charge in [0.25, 0.3) is 0 Å². The third-order valence-electron chi connectivity index (χ3n) is 3.81. The zero-order valence-electron chi connectivity index (χ0n) is 12.4. The van der Waals surface area contributed by atoms with Crippen LogP contribution in [0.2, 0.25) is 0 Å². The van der Waals surface area contributed by atoms with Gasteiger partial charge in [0, 0.05) is 6.54 Å². The Morgan fingerprint density at radius 3 is 2.47 bits per heavy atom. The number of benzene rings is 1. The molecule has 0 aliphatic rings. The number of rotatable bonds is 6. The molecule has 0 saturated heterocycles. The molecule has 19 heavy (non-hydrogen) atoms. The van der Waals surface area contributed by atoms with Crippen molar-refractivity contribution in [2.24, 2.45) is 17.6 Å². The van der Waals surface area contributed by atoms with Crippen LogP contribution in [0.5, 0.6) is 0 Å². The minimum absolute atomic E-state index is 0.214. The molecule has 2 unspecified atom stereocenters. The van der Waals surface area contributed by atoms with E-state index < -0.39 is 11.9 Å². The van der Waals surface area contributed by atoms with Crippen LogP contribution in [0.3, 0.4) is 0 Å². The lowest BCUT2D eigenvalue weighted by atomic mass is 9.88. The topological polar surface area (TPSA) is 63.3 Å². The number of hydrogen-bond donors (Lipinski definition) is 2. The molecule has 0 bridgehead atoms. The standard InChI is InChI=1S/C16H25NO2/c1-10-5-12(3)13(4)14(6-10)7-11(2)8-15(9-17)16(18)19/h5-6,11,15H,7-9,17H2,1-4H3,(H,18,19). The van der Waals surface area contributed by atoms with Crippen molar-refractivity contribution in [1.82, 2.24) is 0 Å². The van der Waals surface area contributed by atoms with E-state index in [1.54, 1.807) is 0 Å². The van der Waals surface area contributed by atoms with Crippen LogP contribution in [0.4, 0.5) is 0 Å². The van der Waals surface area contributed by atoms with Gasteiger partial charge in [-0.1, -0.05) is 24.6 Å². The Kier molecular flexibility index (Phi) is 5.55. The second-order valence-electron chi connectivity index (χ2n) is 5.68. The maximum atomic E-state index is 11.0. The van der Waals surface area contributed by atoms with E-state index in [1.807, 2.05) is 0 Å². The van der Waals surface area contributed by atoms with E-state index in [0.717, 1.165) is 6.42 Å². The van der Waals surface area contributed by atoms with E-state index in [1.165, 1.54) is 22.3 Å². The van der Waals surface area contributed by atoms with Crippen LogP contribution in [-0.2, 0) is 11.2 Å². The average Bonchev–Trinajstić information content (AvgIpc) is 2.32. The number of carbonyl (C=O) groups is 1. The maximum Gasteiger partial charge on any atom is 0.307 e. The van der Waals surface area contributed by atoms with Gasteiger partial charge in [0.1, 0.15) is 0 Å². The number of carboxylic acids is 1. The van der Waals surface area contributed by atoms with Crippen molar-refractivity contribution < 1.29 is 9.90 Å². The second-order valence-corrected chi connectivity index (χ2v) is 5.68. The SMILES string of the molecule is Cc1cc(C)c(C)c(CC(C)CC(CN)C(=O)O)c1.